The molecule has 2 aromatic heterocycles. The maximum Gasteiger partial charge on any atom is 0.275 e. The summed E-state index contributed by atoms with van der Waals surface area (Å²) in [6, 6.07) is 8.64. The minimum atomic E-state index is -0.324. The Balaban J connectivity index is 2.21. The Kier molecular flexibility index (Phi) is 3.58. The third kappa shape index (κ3) is 3.05. The number of anilines is 1. The largest absolute Gasteiger partial charge is 0.305 e. The lowest BCUT2D eigenvalue weighted by molar-refractivity contribution is 0.102. The highest BCUT2D eigenvalue weighted by molar-refractivity contribution is 6.29. The molecule has 0 aliphatic rings. The number of amides is 1. The Bertz CT molecular complexity index is 578. The Morgan fingerprint density at radius 2 is 2.00 bits per heavy atom. The normalized spacial score (nSPS) is 10.2. The fourth-order valence-corrected chi connectivity index (χ4v) is 1.78. The predicted molar refractivity (Wildman–Crippen MR) is 70.9 cm³/mol. The lowest BCUT2D eigenvalue weighted by Crippen LogP contribution is -2.14. The molecule has 0 bridgehead atoms. The molecule has 0 fully saturated rings. The number of aryl methyl sites for hydroxylation is 2. The number of hydrogen-bond donors (Lipinski definition) is 1. The van der Waals surface area contributed by atoms with Crippen LogP contribution in [0.4, 0.5) is 5.82 Å². The van der Waals surface area contributed by atoms with E-state index in [-0.39, 0.29) is 16.8 Å². The third-order valence-corrected chi connectivity index (χ3v) is 2.50. The van der Waals surface area contributed by atoms with Gasteiger partial charge >= 0.3 is 0 Å². The van der Waals surface area contributed by atoms with Gasteiger partial charge in [-0.2, -0.15) is 0 Å². The molecule has 0 unspecified atom stereocenters. The molecule has 1 N–H and O–H groups in total. The molecule has 0 spiro atoms. The number of rotatable bonds is 2. The molecule has 92 valence electrons. The molecule has 0 radical (unpaired) electrons. The van der Waals surface area contributed by atoms with Crippen molar-refractivity contribution in [3.05, 3.63) is 52.4 Å². The van der Waals surface area contributed by atoms with Gasteiger partial charge in [0.05, 0.1) is 0 Å². The standard InChI is InChI=1S/C13H12ClN3O/c1-8-6-9(2)15-12(7-8)17-13(18)10-4-3-5-11(14)16-10/h3-7H,1-2H3,(H,15,17,18). The van der Waals surface area contributed by atoms with Crippen molar-refractivity contribution in [1.29, 1.82) is 0 Å². The topological polar surface area (TPSA) is 54.9 Å². The van der Waals surface area contributed by atoms with Crippen LogP contribution in [0.15, 0.2) is 30.3 Å². The molecule has 2 aromatic rings. The summed E-state index contributed by atoms with van der Waals surface area (Å²) >= 11 is 5.74. The molecule has 0 saturated heterocycles. The summed E-state index contributed by atoms with van der Waals surface area (Å²) in [6.07, 6.45) is 0. The number of hydrogen-bond acceptors (Lipinski definition) is 3. The van der Waals surface area contributed by atoms with Crippen LogP contribution in [0.5, 0.6) is 0 Å². The smallest absolute Gasteiger partial charge is 0.275 e. The van der Waals surface area contributed by atoms with Crippen LogP contribution in [0, 0.1) is 13.8 Å². The minimum Gasteiger partial charge on any atom is -0.305 e. The Morgan fingerprint density at radius 1 is 1.22 bits per heavy atom. The Hall–Kier alpha value is -1.94. The van der Waals surface area contributed by atoms with Crippen molar-refractivity contribution in [2.24, 2.45) is 0 Å². The van der Waals surface area contributed by atoms with E-state index < -0.39 is 0 Å². The molecular weight excluding hydrogens is 250 g/mol. The van der Waals surface area contributed by atoms with E-state index in [4.69, 9.17) is 11.6 Å². The van der Waals surface area contributed by atoms with E-state index in [9.17, 15) is 4.79 Å². The van der Waals surface area contributed by atoms with E-state index in [1.807, 2.05) is 19.9 Å². The van der Waals surface area contributed by atoms with Crippen LogP contribution in [-0.2, 0) is 0 Å². The van der Waals surface area contributed by atoms with Gasteiger partial charge in [-0.15, -0.1) is 0 Å². The lowest BCUT2D eigenvalue weighted by Gasteiger charge is -2.06. The van der Waals surface area contributed by atoms with Crippen molar-refractivity contribution in [1.82, 2.24) is 9.97 Å². The summed E-state index contributed by atoms with van der Waals surface area (Å²) in [6.45, 7) is 3.82. The summed E-state index contributed by atoms with van der Waals surface area (Å²) in [7, 11) is 0. The Labute approximate surface area is 110 Å². The number of nitrogens with zero attached hydrogens (tertiary/aromatic N) is 2. The zero-order chi connectivity index (χ0) is 13.1. The molecule has 0 aliphatic carbocycles. The van der Waals surface area contributed by atoms with E-state index in [2.05, 4.69) is 15.3 Å². The summed E-state index contributed by atoms with van der Waals surface area (Å²) < 4.78 is 0. The third-order valence-electron chi connectivity index (χ3n) is 2.29. The maximum atomic E-state index is 11.9. The highest BCUT2D eigenvalue weighted by Gasteiger charge is 2.09. The number of carbonyl (C=O) groups excluding carboxylic acids is 1. The van der Waals surface area contributed by atoms with Crippen LogP contribution in [0.3, 0.4) is 0 Å². The van der Waals surface area contributed by atoms with Crippen LogP contribution < -0.4 is 5.32 Å². The average Bonchev–Trinajstić information content (AvgIpc) is 2.27. The quantitative estimate of drug-likeness (QED) is 0.846. The van der Waals surface area contributed by atoms with Crippen molar-refractivity contribution in [2.75, 3.05) is 5.32 Å². The fraction of sp³-hybridized carbons (Fsp3) is 0.154. The molecule has 0 atom stereocenters. The van der Waals surface area contributed by atoms with Crippen LogP contribution in [-0.4, -0.2) is 15.9 Å². The SMILES string of the molecule is Cc1cc(C)nc(NC(=O)c2cccc(Cl)n2)c1. The van der Waals surface area contributed by atoms with Gasteiger partial charge in [0.1, 0.15) is 16.7 Å². The molecule has 2 rings (SSSR count). The number of pyridine rings is 2. The molecule has 0 saturated carbocycles. The highest BCUT2D eigenvalue weighted by atomic mass is 35.5. The second kappa shape index (κ2) is 5.14. The molecule has 5 heteroatoms. The van der Waals surface area contributed by atoms with Crippen LogP contribution >= 0.6 is 11.6 Å². The van der Waals surface area contributed by atoms with Gasteiger partial charge in [-0.25, -0.2) is 9.97 Å². The minimum absolute atomic E-state index is 0.267. The first-order valence-electron chi connectivity index (χ1n) is 5.44. The van der Waals surface area contributed by atoms with Gasteiger partial charge in [-0.3, -0.25) is 4.79 Å². The second-order valence-corrected chi connectivity index (χ2v) is 4.36. The van der Waals surface area contributed by atoms with Crippen molar-refractivity contribution in [3.63, 3.8) is 0 Å². The van der Waals surface area contributed by atoms with Gasteiger partial charge in [0, 0.05) is 5.69 Å². The molecule has 2 heterocycles. The summed E-state index contributed by atoms with van der Waals surface area (Å²) in [5, 5.41) is 2.98. The number of aromatic nitrogens is 2. The zero-order valence-electron chi connectivity index (χ0n) is 10.1. The first-order valence-corrected chi connectivity index (χ1v) is 5.81. The molecule has 18 heavy (non-hydrogen) atoms. The molecule has 0 aromatic carbocycles. The highest BCUT2D eigenvalue weighted by Crippen LogP contribution is 2.11. The van der Waals surface area contributed by atoms with Gasteiger partial charge in [-0.1, -0.05) is 17.7 Å². The monoisotopic (exact) mass is 261 g/mol. The summed E-state index contributed by atoms with van der Waals surface area (Å²) in [5.41, 5.74) is 2.16. The Morgan fingerprint density at radius 3 is 2.67 bits per heavy atom. The average molecular weight is 262 g/mol. The van der Waals surface area contributed by atoms with Gasteiger partial charge in [0.15, 0.2) is 0 Å². The molecule has 1 amide bonds. The number of carbonyl (C=O) groups is 1. The van der Waals surface area contributed by atoms with E-state index in [1.54, 1.807) is 24.3 Å². The van der Waals surface area contributed by atoms with Gasteiger partial charge in [-0.05, 0) is 43.7 Å². The maximum absolute atomic E-state index is 11.9. The van der Waals surface area contributed by atoms with Crippen LogP contribution in [0.1, 0.15) is 21.7 Å². The van der Waals surface area contributed by atoms with Gasteiger partial charge in [0.2, 0.25) is 0 Å². The van der Waals surface area contributed by atoms with Crippen molar-refractivity contribution >= 4 is 23.3 Å². The molecular formula is C13H12ClN3O. The first-order chi connectivity index (χ1) is 8.54. The first kappa shape index (κ1) is 12.5. The molecule has 0 aliphatic heterocycles. The van der Waals surface area contributed by atoms with E-state index >= 15 is 0 Å². The van der Waals surface area contributed by atoms with E-state index in [0.717, 1.165) is 11.3 Å². The lowest BCUT2D eigenvalue weighted by atomic mass is 10.2. The van der Waals surface area contributed by atoms with Crippen molar-refractivity contribution in [3.8, 4) is 0 Å². The van der Waals surface area contributed by atoms with Crippen molar-refractivity contribution < 1.29 is 4.79 Å². The second-order valence-electron chi connectivity index (χ2n) is 3.97. The molecule has 4 nitrogen and oxygen atoms in total. The van der Waals surface area contributed by atoms with Gasteiger partial charge < -0.3 is 5.32 Å². The fourth-order valence-electron chi connectivity index (χ4n) is 1.62. The predicted octanol–water partition coefficient (Wildman–Crippen LogP) is 3.00. The summed E-state index contributed by atoms with van der Waals surface area (Å²) in [5.74, 6) is 0.189. The van der Waals surface area contributed by atoms with Crippen molar-refractivity contribution in [2.45, 2.75) is 13.8 Å². The number of nitrogens with one attached hydrogen (secondary N) is 1. The summed E-state index contributed by atoms with van der Waals surface area (Å²) in [4.78, 5) is 20.1. The van der Waals surface area contributed by atoms with Crippen LogP contribution in [0.2, 0.25) is 5.15 Å². The van der Waals surface area contributed by atoms with E-state index in [0.29, 0.717) is 5.82 Å². The van der Waals surface area contributed by atoms with E-state index in [1.165, 1.54) is 0 Å². The van der Waals surface area contributed by atoms with Gasteiger partial charge in [0.25, 0.3) is 5.91 Å². The number of halogens is 1. The zero-order valence-corrected chi connectivity index (χ0v) is 10.8. The van der Waals surface area contributed by atoms with Crippen LogP contribution in [0.25, 0.3) is 0 Å².